The summed E-state index contributed by atoms with van der Waals surface area (Å²) in [6.45, 7) is 7.08. The maximum absolute atomic E-state index is 9.53. The minimum Gasteiger partial charge on any atom is -0.497 e. The monoisotopic (exact) mass is 292 g/mol. The SMILES string of the molecule is COc1ccc(B(O)O)c(CN2CC(C)N(C)C(C)C2)c1. The van der Waals surface area contributed by atoms with E-state index in [1.54, 1.807) is 19.2 Å². The van der Waals surface area contributed by atoms with Gasteiger partial charge in [0, 0.05) is 31.7 Å². The number of hydrogen-bond acceptors (Lipinski definition) is 5. The molecule has 1 aliphatic rings. The van der Waals surface area contributed by atoms with Crippen LogP contribution in [0.25, 0.3) is 0 Å². The molecule has 1 heterocycles. The van der Waals surface area contributed by atoms with E-state index in [0.29, 0.717) is 24.1 Å². The van der Waals surface area contributed by atoms with E-state index >= 15 is 0 Å². The van der Waals surface area contributed by atoms with Crippen LogP contribution in [0.2, 0.25) is 0 Å². The van der Waals surface area contributed by atoms with E-state index in [0.717, 1.165) is 24.4 Å². The van der Waals surface area contributed by atoms with Gasteiger partial charge in [0.15, 0.2) is 0 Å². The van der Waals surface area contributed by atoms with Crippen LogP contribution in [0, 0.1) is 0 Å². The molecule has 2 atom stereocenters. The Hall–Kier alpha value is -1.08. The summed E-state index contributed by atoms with van der Waals surface area (Å²) in [4.78, 5) is 4.74. The standard InChI is InChI=1S/C15H25BN2O3/c1-11-8-18(9-12(2)17(11)3)10-13-7-14(21-4)5-6-15(13)16(19)20/h5-7,11-12,19-20H,8-10H2,1-4H3. The van der Waals surface area contributed by atoms with Crippen LogP contribution in [-0.2, 0) is 6.54 Å². The summed E-state index contributed by atoms with van der Waals surface area (Å²) in [6, 6.07) is 6.35. The highest BCUT2D eigenvalue weighted by Gasteiger charge is 2.27. The van der Waals surface area contributed by atoms with Crippen molar-refractivity contribution in [2.75, 3.05) is 27.2 Å². The number of benzene rings is 1. The molecule has 0 saturated carbocycles. The second-order valence-electron chi connectivity index (χ2n) is 6.00. The predicted molar refractivity (Wildman–Crippen MR) is 84.8 cm³/mol. The third-order valence-corrected chi connectivity index (χ3v) is 4.46. The van der Waals surface area contributed by atoms with Crippen LogP contribution in [-0.4, -0.2) is 66.3 Å². The van der Waals surface area contributed by atoms with Crippen LogP contribution >= 0.6 is 0 Å². The molecule has 0 aliphatic carbocycles. The Morgan fingerprint density at radius 1 is 1.24 bits per heavy atom. The van der Waals surface area contributed by atoms with E-state index in [2.05, 4.69) is 30.7 Å². The molecule has 1 aliphatic heterocycles. The van der Waals surface area contributed by atoms with Gasteiger partial charge < -0.3 is 14.8 Å². The molecule has 0 amide bonds. The summed E-state index contributed by atoms with van der Waals surface area (Å²) in [6.07, 6.45) is 0. The van der Waals surface area contributed by atoms with E-state index in [-0.39, 0.29) is 0 Å². The number of rotatable bonds is 4. The van der Waals surface area contributed by atoms with Crippen molar-refractivity contribution in [1.82, 2.24) is 9.80 Å². The number of methoxy groups -OCH3 is 1. The van der Waals surface area contributed by atoms with Crippen molar-refractivity contribution < 1.29 is 14.8 Å². The molecule has 0 radical (unpaired) electrons. The lowest BCUT2D eigenvalue weighted by Crippen LogP contribution is -2.54. The quantitative estimate of drug-likeness (QED) is 0.759. The van der Waals surface area contributed by atoms with Crippen LogP contribution in [0.4, 0.5) is 0 Å². The van der Waals surface area contributed by atoms with Crippen LogP contribution in [0.3, 0.4) is 0 Å². The molecule has 0 bridgehead atoms. The molecule has 1 fully saturated rings. The minimum atomic E-state index is -1.45. The van der Waals surface area contributed by atoms with E-state index < -0.39 is 7.12 Å². The lowest BCUT2D eigenvalue weighted by Gasteiger charge is -2.42. The highest BCUT2D eigenvalue weighted by molar-refractivity contribution is 6.59. The fraction of sp³-hybridized carbons (Fsp3) is 0.600. The lowest BCUT2D eigenvalue weighted by atomic mass is 9.76. The Morgan fingerprint density at radius 3 is 2.38 bits per heavy atom. The largest absolute Gasteiger partial charge is 0.497 e. The molecule has 5 nitrogen and oxygen atoms in total. The van der Waals surface area contributed by atoms with Gasteiger partial charge in [-0.15, -0.1) is 0 Å². The van der Waals surface area contributed by atoms with Crippen molar-refractivity contribution in [2.45, 2.75) is 32.5 Å². The average molecular weight is 292 g/mol. The smallest absolute Gasteiger partial charge is 0.488 e. The summed E-state index contributed by atoms with van der Waals surface area (Å²) in [5.41, 5.74) is 1.46. The van der Waals surface area contributed by atoms with Crippen molar-refractivity contribution in [1.29, 1.82) is 0 Å². The third kappa shape index (κ3) is 3.77. The van der Waals surface area contributed by atoms with Crippen molar-refractivity contribution in [3.05, 3.63) is 23.8 Å². The van der Waals surface area contributed by atoms with Gasteiger partial charge in [-0.1, -0.05) is 6.07 Å². The number of hydrogen-bond donors (Lipinski definition) is 2. The van der Waals surface area contributed by atoms with E-state index in [9.17, 15) is 10.0 Å². The van der Waals surface area contributed by atoms with Gasteiger partial charge in [-0.25, -0.2) is 0 Å². The fourth-order valence-electron chi connectivity index (χ4n) is 2.98. The molecular weight excluding hydrogens is 267 g/mol. The summed E-state index contributed by atoms with van der Waals surface area (Å²) >= 11 is 0. The van der Waals surface area contributed by atoms with Crippen molar-refractivity contribution in [3.63, 3.8) is 0 Å². The van der Waals surface area contributed by atoms with Crippen LogP contribution in [0.5, 0.6) is 5.75 Å². The predicted octanol–water partition coefficient (Wildman–Crippen LogP) is -0.101. The molecule has 2 unspecified atom stereocenters. The number of ether oxygens (including phenoxy) is 1. The first-order valence-corrected chi connectivity index (χ1v) is 7.39. The second kappa shape index (κ2) is 6.79. The Bertz CT molecular complexity index is 472. The molecule has 116 valence electrons. The highest BCUT2D eigenvalue weighted by Crippen LogP contribution is 2.18. The van der Waals surface area contributed by atoms with Gasteiger partial charge in [0.2, 0.25) is 0 Å². The molecule has 0 aromatic heterocycles. The Balaban J connectivity index is 2.18. The summed E-state index contributed by atoms with van der Waals surface area (Å²) in [7, 11) is 2.32. The third-order valence-electron chi connectivity index (χ3n) is 4.46. The fourth-order valence-corrected chi connectivity index (χ4v) is 2.98. The van der Waals surface area contributed by atoms with Gasteiger partial charge in [0.25, 0.3) is 0 Å². The topological polar surface area (TPSA) is 56.2 Å². The van der Waals surface area contributed by atoms with Gasteiger partial charge in [-0.3, -0.25) is 9.80 Å². The zero-order chi connectivity index (χ0) is 15.6. The molecule has 2 N–H and O–H groups in total. The maximum Gasteiger partial charge on any atom is 0.488 e. The Kier molecular flexibility index (Phi) is 5.27. The summed E-state index contributed by atoms with van der Waals surface area (Å²) < 4.78 is 5.25. The van der Waals surface area contributed by atoms with Gasteiger partial charge in [-0.2, -0.15) is 0 Å². The Labute approximate surface area is 127 Å². The van der Waals surface area contributed by atoms with Gasteiger partial charge in [0.05, 0.1) is 7.11 Å². The van der Waals surface area contributed by atoms with Crippen molar-refractivity contribution in [2.24, 2.45) is 0 Å². The summed E-state index contributed by atoms with van der Waals surface area (Å²) in [5, 5.41) is 19.1. The molecule has 1 aromatic rings. The number of nitrogens with zero attached hydrogens (tertiary/aromatic N) is 2. The minimum absolute atomic E-state index is 0.488. The van der Waals surface area contributed by atoms with Crippen LogP contribution in [0.1, 0.15) is 19.4 Å². The first-order valence-electron chi connectivity index (χ1n) is 7.39. The van der Waals surface area contributed by atoms with Crippen LogP contribution in [0.15, 0.2) is 18.2 Å². The maximum atomic E-state index is 9.53. The average Bonchev–Trinajstić information content (AvgIpc) is 2.44. The molecular formula is C15H25BN2O3. The molecule has 6 heteroatoms. The van der Waals surface area contributed by atoms with E-state index in [1.807, 2.05) is 6.07 Å². The van der Waals surface area contributed by atoms with Crippen molar-refractivity contribution >= 4 is 12.6 Å². The lowest BCUT2D eigenvalue weighted by molar-refractivity contribution is 0.0557. The van der Waals surface area contributed by atoms with Gasteiger partial charge in [-0.05, 0) is 44.1 Å². The molecule has 1 aromatic carbocycles. The Morgan fingerprint density at radius 2 is 1.86 bits per heavy atom. The first kappa shape index (κ1) is 16.3. The molecule has 1 saturated heterocycles. The molecule has 0 spiro atoms. The number of piperazine rings is 1. The van der Waals surface area contributed by atoms with Crippen molar-refractivity contribution in [3.8, 4) is 5.75 Å². The van der Waals surface area contributed by atoms with Gasteiger partial charge >= 0.3 is 7.12 Å². The normalized spacial score (nSPS) is 24.1. The summed E-state index contributed by atoms with van der Waals surface area (Å²) in [5.74, 6) is 0.740. The van der Waals surface area contributed by atoms with Gasteiger partial charge in [0.1, 0.15) is 5.75 Å². The zero-order valence-corrected chi connectivity index (χ0v) is 13.3. The number of likely N-dealkylation sites (N-methyl/N-ethyl adjacent to an activating group) is 1. The van der Waals surface area contributed by atoms with E-state index in [4.69, 9.17) is 4.74 Å². The molecule has 21 heavy (non-hydrogen) atoms. The van der Waals surface area contributed by atoms with E-state index in [1.165, 1.54) is 0 Å². The first-order chi connectivity index (χ1) is 9.92. The molecule has 2 rings (SSSR count). The van der Waals surface area contributed by atoms with Crippen LogP contribution < -0.4 is 10.2 Å². The second-order valence-corrected chi connectivity index (χ2v) is 6.00. The zero-order valence-electron chi connectivity index (χ0n) is 13.3. The highest BCUT2D eigenvalue weighted by atomic mass is 16.5.